The molecule has 0 bridgehead atoms. The lowest BCUT2D eigenvalue weighted by atomic mass is 10.4. The van der Waals surface area contributed by atoms with Gasteiger partial charge < -0.3 is 4.42 Å². The molecule has 112 valence electrons. The van der Waals surface area contributed by atoms with Crippen LogP contribution < -0.4 is 10.0 Å². The second-order valence-corrected chi connectivity index (χ2v) is 6.69. The van der Waals surface area contributed by atoms with Crippen molar-refractivity contribution in [2.75, 3.05) is 11.4 Å². The summed E-state index contributed by atoms with van der Waals surface area (Å²) in [5, 5.41) is 8.38. The molecule has 3 heterocycles. The number of nitrogens with zero attached hydrogens (tertiary/aromatic N) is 3. The highest BCUT2D eigenvalue weighted by Crippen LogP contribution is 2.24. The van der Waals surface area contributed by atoms with Crippen LogP contribution in [0.2, 0.25) is 0 Å². The van der Waals surface area contributed by atoms with Crippen molar-refractivity contribution in [1.82, 2.24) is 9.78 Å². The third-order valence-corrected chi connectivity index (χ3v) is 4.66. The Labute approximate surface area is 121 Å². The van der Waals surface area contributed by atoms with Gasteiger partial charge in [-0.3, -0.25) is 9.69 Å². The fourth-order valence-electron chi connectivity index (χ4n) is 2.34. The minimum Gasteiger partial charge on any atom is -0.467 e. The summed E-state index contributed by atoms with van der Waals surface area (Å²) >= 11 is 0. The molecule has 1 aliphatic rings. The highest BCUT2D eigenvalue weighted by atomic mass is 32.2. The number of sulfonamides is 1. The molecule has 8 nitrogen and oxygen atoms in total. The number of hydrogen-bond donors (Lipinski definition) is 1. The molecule has 0 aromatic carbocycles. The van der Waals surface area contributed by atoms with Gasteiger partial charge in [-0.1, -0.05) is 0 Å². The van der Waals surface area contributed by atoms with Gasteiger partial charge in [0.2, 0.25) is 15.9 Å². The van der Waals surface area contributed by atoms with Crippen molar-refractivity contribution in [3.63, 3.8) is 0 Å². The first-order valence-electron chi connectivity index (χ1n) is 6.31. The van der Waals surface area contributed by atoms with Crippen LogP contribution in [0, 0.1) is 0 Å². The molecule has 1 aliphatic heterocycles. The van der Waals surface area contributed by atoms with E-state index in [9.17, 15) is 13.2 Å². The van der Waals surface area contributed by atoms with E-state index in [-0.39, 0.29) is 18.9 Å². The summed E-state index contributed by atoms with van der Waals surface area (Å²) in [6, 6.07) is 5.22. The smallest absolute Gasteiger partial charge is 0.229 e. The standard InChI is InChI=1S/C12H14N4O4S/c13-21(18,19)10-6-12(17)15(8-10)11-3-4-14-16(11)7-9-2-1-5-20-9/h1-5,10H,6-8H2,(H2,13,18,19). The Kier molecular flexibility index (Phi) is 3.30. The lowest BCUT2D eigenvalue weighted by Crippen LogP contribution is -2.33. The Balaban J connectivity index is 1.85. The van der Waals surface area contributed by atoms with Crippen LogP contribution in [0.25, 0.3) is 0 Å². The molecule has 1 fully saturated rings. The maximum atomic E-state index is 12.0. The van der Waals surface area contributed by atoms with E-state index in [0.717, 1.165) is 0 Å². The van der Waals surface area contributed by atoms with Crippen molar-refractivity contribution < 1.29 is 17.6 Å². The molecule has 0 spiro atoms. The maximum Gasteiger partial charge on any atom is 0.229 e. The lowest BCUT2D eigenvalue weighted by molar-refractivity contribution is -0.117. The molecule has 1 amide bonds. The second-order valence-electron chi connectivity index (χ2n) is 4.85. The Hall–Kier alpha value is -2.13. The van der Waals surface area contributed by atoms with Crippen molar-refractivity contribution in [3.8, 4) is 0 Å². The topological polar surface area (TPSA) is 111 Å². The van der Waals surface area contributed by atoms with Gasteiger partial charge in [0.05, 0.1) is 12.5 Å². The van der Waals surface area contributed by atoms with Gasteiger partial charge >= 0.3 is 0 Å². The van der Waals surface area contributed by atoms with E-state index in [2.05, 4.69) is 5.10 Å². The fraction of sp³-hybridized carbons (Fsp3) is 0.333. The first-order chi connectivity index (χ1) is 9.95. The highest BCUT2D eigenvalue weighted by molar-refractivity contribution is 7.89. The van der Waals surface area contributed by atoms with Gasteiger partial charge in [0.1, 0.15) is 23.4 Å². The van der Waals surface area contributed by atoms with Crippen LogP contribution >= 0.6 is 0 Å². The number of carbonyl (C=O) groups is 1. The van der Waals surface area contributed by atoms with E-state index < -0.39 is 15.3 Å². The van der Waals surface area contributed by atoms with Gasteiger partial charge in [-0.05, 0) is 12.1 Å². The summed E-state index contributed by atoms with van der Waals surface area (Å²) in [6.07, 6.45) is 3.00. The van der Waals surface area contributed by atoms with E-state index in [1.807, 2.05) is 0 Å². The first kappa shape index (κ1) is 13.8. The number of primary sulfonamides is 1. The quantitative estimate of drug-likeness (QED) is 0.849. The predicted molar refractivity (Wildman–Crippen MR) is 73.9 cm³/mol. The third kappa shape index (κ3) is 2.69. The average Bonchev–Trinajstić information content (AvgIpc) is 3.09. The number of furan rings is 1. The minimum atomic E-state index is -3.73. The van der Waals surface area contributed by atoms with Gasteiger partial charge in [0, 0.05) is 19.0 Å². The summed E-state index contributed by atoms with van der Waals surface area (Å²) in [6.45, 7) is 0.403. The molecular weight excluding hydrogens is 296 g/mol. The van der Waals surface area contributed by atoms with E-state index in [1.165, 1.54) is 4.90 Å². The van der Waals surface area contributed by atoms with Gasteiger partial charge in [-0.25, -0.2) is 18.2 Å². The molecule has 0 saturated carbocycles. The maximum absolute atomic E-state index is 12.0. The van der Waals surface area contributed by atoms with Crippen molar-refractivity contribution in [3.05, 3.63) is 36.4 Å². The number of rotatable bonds is 4. The van der Waals surface area contributed by atoms with Crippen molar-refractivity contribution >= 4 is 21.7 Å². The van der Waals surface area contributed by atoms with Crippen molar-refractivity contribution in [1.29, 1.82) is 0 Å². The van der Waals surface area contributed by atoms with Crippen molar-refractivity contribution in [2.45, 2.75) is 18.2 Å². The van der Waals surface area contributed by atoms with E-state index >= 15 is 0 Å². The summed E-state index contributed by atoms with van der Waals surface area (Å²) in [5.74, 6) is 0.937. The van der Waals surface area contributed by atoms with Crippen LogP contribution in [0.5, 0.6) is 0 Å². The molecule has 1 unspecified atom stereocenters. The van der Waals surface area contributed by atoms with Crippen LogP contribution in [-0.4, -0.2) is 35.9 Å². The Morgan fingerprint density at radius 1 is 1.43 bits per heavy atom. The van der Waals surface area contributed by atoms with Gasteiger partial charge in [-0.2, -0.15) is 5.10 Å². The summed E-state index contributed by atoms with van der Waals surface area (Å²) in [7, 11) is -3.73. The number of hydrogen-bond acceptors (Lipinski definition) is 5. The zero-order valence-electron chi connectivity index (χ0n) is 11.0. The zero-order valence-corrected chi connectivity index (χ0v) is 11.9. The Morgan fingerprint density at radius 2 is 2.24 bits per heavy atom. The van der Waals surface area contributed by atoms with Gasteiger partial charge in [-0.15, -0.1) is 0 Å². The number of aromatic nitrogens is 2. The number of anilines is 1. The number of nitrogens with two attached hydrogens (primary N) is 1. The SMILES string of the molecule is NS(=O)(=O)C1CC(=O)N(c2ccnn2Cc2ccco2)C1. The largest absolute Gasteiger partial charge is 0.467 e. The molecule has 21 heavy (non-hydrogen) atoms. The van der Waals surface area contributed by atoms with Crippen LogP contribution in [0.15, 0.2) is 35.1 Å². The molecule has 1 saturated heterocycles. The molecule has 0 aliphatic carbocycles. The first-order valence-corrected chi connectivity index (χ1v) is 7.92. The fourth-order valence-corrected chi connectivity index (χ4v) is 3.07. The van der Waals surface area contributed by atoms with Gasteiger partial charge in [0.25, 0.3) is 0 Å². The lowest BCUT2D eigenvalue weighted by Gasteiger charge is -2.17. The monoisotopic (exact) mass is 310 g/mol. The second kappa shape index (κ2) is 5.01. The normalized spacial score (nSPS) is 19.4. The van der Waals surface area contributed by atoms with E-state index in [0.29, 0.717) is 18.1 Å². The van der Waals surface area contributed by atoms with Crippen LogP contribution in [0.1, 0.15) is 12.2 Å². The van der Waals surface area contributed by atoms with Crippen LogP contribution in [0.3, 0.4) is 0 Å². The summed E-state index contributed by atoms with van der Waals surface area (Å²) in [4.78, 5) is 13.4. The van der Waals surface area contributed by atoms with Crippen LogP contribution in [-0.2, 0) is 21.4 Å². The van der Waals surface area contributed by atoms with E-state index in [1.54, 1.807) is 35.3 Å². The molecule has 0 radical (unpaired) electrons. The molecule has 2 N–H and O–H groups in total. The Bertz CT molecular complexity index is 750. The minimum absolute atomic E-state index is 0.0432. The van der Waals surface area contributed by atoms with Crippen LogP contribution in [0.4, 0.5) is 5.82 Å². The molecule has 3 rings (SSSR count). The predicted octanol–water partition coefficient (Wildman–Crippen LogP) is -0.0818. The highest BCUT2D eigenvalue weighted by Gasteiger charge is 2.38. The molecule has 2 aromatic heterocycles. The molecule has 1 atom stereocenters. The number of amides is 1. The summed E-state index contributed by atoms with van der Waals surface area (Å²) in [5.41, 5.74) is 0. The third-order valence-electron chi connectivity index (χ3n) is 3.41. The molecule has 9 heteroatoms. The molecular formula is C12H14N4O4S. The zero-order chi connectivity index (χ0) is 15.0. The van der Waals surface area contributed by atoms with E-state index in [4.69, 9.17) is 9.56 Å². The molecule has 2 aromatic rings. The Morgan fingerprint density at radius 3 is 2.86 bits per heavy atom. The summed E-state index contributed by atoms with van der Waals surface area (Å²) < 4.78 is 29.6. The average molecular weight is 310 g/mol. The van der Waals surface area contributed by atoms with Crippen molar-refractivity contribution in [2.24, 2.45) is 5.14 Å². The number of carbonyl (C=O) groups excluding carboxylic acids is 1. The van der Waals surface area contributed by atoms with Gasteiger partial charge in [0.15, 0.2) is 0 Å².